The van der Waals surface area contributed by atoms with Crippen molar-refractivity contribution in [2.45, 2.75) is 19.9 Å². The highest BCUT2D eigenvalue weighted by Gasteiger charge is 2.27. The number of hydrogen-bond donors (Lipinski definition) is 1. The normalized spacial score (nSPS) is 28.5. The second kappa shape index (κ2) is 3.05. The second-order valence-corrected chi connectivity index (χ2v) is 5.47. The highest BCUT2D eigenvalue weighted by Crippen LogP contribution is 2.10. The number of hydrogen-bond acceptors (Lipinski definition) is 3. The molecule has 1 atom stereocenters. The predicted molar refractivity (Wildman–Crippen MR) is 48.2 cm³/mol. The summed E-state index contributed by atoms with van der Waals surface area (Å²) in [6, 6.07) is -0.0405. The van der Waals surface area contributed by atoms with Gasteiger partial charge in [0.25, 0.3) is 0 Å². The molecule has 5 heteroatoms. The Labute approximate surface area is 73.0 Å². The SMILES string of the molecule is CC(=N)N1CCS(=O)(=O)CC1C. The van der Waals surface area contributed by atoms with Gasteiger partial charge in [0, 0.05) is 12.6 Å². The lowest BCUT2D eigenvalue weighted by Crippen LogP contribution is -2.48. The first kappa shape index (κ1) is 9.51. The monoisotopic (exact) mass is 190 g/mol. The van der Waals surface area contributed by atoms with Gasteiger partial charge >= 0.3 is 0 Å². The summed E-state index contributed by atoms with van der Waals surface area (Å²) in [5.41, 5.74) is 0. The zero-order chi connectivity index (χ0) is 9.35. The smallest absolute Gasteiger partial charge is 0.154 e. The molecule has 0 aromatic rings. The predicted octanol–water partition coefficient (Wildman–Crippen LogP) is 0.102. The standard InChI is InChI=1S/C7H14N2O2S/c1-6-5-12(10,11)4-3-9(6)7(2)8/h6,8H,3-5H2,1-2H3. The summed E-state index contributed by atoms with van der Waals surface area (Å²) in [5, 5.41) is 7.38. The zero-order valence-electron chi connectivity index (χ0n) is 7.37. The molecule has 0 spiro atoms. The largest absolute Gasteiger partial charge is 0.356 e. The molecule has 1 heterocycles. The molecule has 1 fully saturated rings. The first-order valence-corrected chi connectivity index (χ1v) is 5.77. The summed E-state index contributed by atoms with van der Waals surface area (Å²) in [4.78, 5) is 1.82. The molecule has 1 rings (SSSR count). The van der Waals surface area contributed by atoms with E-state index in [4.69, 9.17) is 5.41 Å². The van der Waals surface area contributed by atoms with Crippen LogP contribution in [0.5, 0.6) is 0 Å². The van der Waals surface area contributed by atoms with Crippen molar-refractivity contribution in [2.75, 3.05) is 18.1 Å². The molecule has 0 radical (unpaired) electrons. The second-order valence-electron chi connectivity index (χ2n) is 3.24. The van der Waals surface area contributed by atoms with Crippen LogP contribution >= 0.6 is 0 Å². The molecule has 0 amide bonds. The van der Waals surface area contributed by atoms with Gasteiger partial charge in [-0.15, -0.1) is 0 Å². The van der Waals surface area contributed by atoms with Crippen LogP contribution in [0.4, 0.5) is 0 Å². The molecule has 1 N–H and O–H groups in total. The Bertz CT molecular complexity index is 284. The van der Waals surface area contributed by atoms with Crippen LogP contribution < -0.4 is 0 Å². The van der Waals surface area contributed by atoms with Gasteiger partial charge in [-0.25, -0.2) is 8.42 Å². The van der Waals surface area contributed by atoms with Crippen LogP contribution in [0.2, 0.25) is 0 Å². The zero-order valence-corrected chi connectivity index (χ0v) is 8.19. The van der Waals surface area contributed by atoms with Crippen LogP contribution in [-0.4, -0.2) is 43.2 Å². The Kier molecular flexibility index (Phi) is 2.41. The fourth-order valence-electron chi connectivity index (χ4n) is 1.50. The third-order valence-electron chi connectivity index (χ3n) is 2.10. The van der Waals surface area contributed by atoms with Crippen LogP contribution in [0.3, 0.4) is 0 Å². The van der Waals surface area contributed by atoms with Crippen molar-refractivity contribution in [3.63, 3.8) is 0 Å². The van der Waals surface area contributed by atoms with Crippen molar-refractivity contribution < 1.29 is 8.42 Å². The first-order valence-electron chi connectivity index (χ1n) is 3.94. The van der Waals surface area contributed by atoms with Gasteiger partial charge in [0.05, 0.1) is 17.3 Å². The van der Waals surface area contributed by atoms with Crippen molar-refractivity contribution in [3.05, 3.63) is 0 Å². The number of sulfone groups is 1. The van der Waals surface area contributed by atoms with E-state index in [1.807, 2.05) is 11.8 Å². The third kappa shape index (κ3) is 1.97. The number of nitrogens with one attached hydrogen (secondary N) is 1. The van der Waals surface area contributed by atoms with Crippen LogP contribution in [0.15, 0.2) is 0 Å². The van der Waals surface area contributed by atoms with Gasteiger partial charge in [0.2, 0.25) is 0 Å². The van der Waals surface area contributed by atoms with Crippen molar-refractivity contribution >= 4 is 15.7 Å². The lowest BCUT2D eigenvalue weighted by Gasteiger charge is -2.33. The van der Waals surface area contributed by atoms with E-state index >= 15 is 0 Å². The van der Waals surface area contributed by atoms with E-state index in [0.717, 1.165) is 0 Å². The van der Waals surface area contributed by atoms with Crippen LogP contribution in [0.25, 0.3) is 0 Å². The lowest BCUT2D eigenvalue weighted by atomic mass is 10.3. The summed E-state index contributed by atoms with van der Waals surface area (Å²) in [5.74, 6) is 0.828. The maximum Gasteiger partial charge on any atom is 0.154 e. The van der Waals surface area contributed by atoms with E-state index in [-0.39, 0.29) is 17.5 Å². The Balaban J connectivity index is 2.72. The fraction of sp³-hybridized carbons (Fsp3) is 0.857. The van der Waals surface area contributed by atoms with Gasteiger partial charge < -0.3 is 4.90 Å². The molecule has 0 aromatic carbocycles. The van der Waals surface area contributed by atoms with Crippen LogP contribution in [0.1, 0.15) is 13.8 Å². The van der Waals surface area contributed by atoms with E-state index in [0.29, 0.717) is 12.4 Å². The molecule has 1 aliphatic heterocycles. The van der Waals surface area contributed by atoms with Crippen molar-refractivity contribution in [3.8, 4) is 0 Å². The molecule has 1 aliphatic rings. The van der Waals surface area contributed by atoms with Gasteiger partial charge in [0.1, 0.15) is 0 Å². The number of amidine groups is 1. The minimum absolute atomic E-state index is 0.0405. The molecular weight excluding hydrogens is 176 g/mol. The van der Waals surface area contributed by atoms with Crippen molar-refractivity contribution in [1.82, 2.24) is 4.90 Å². The molecule has 0 saturated carbocycles. The van der Waals surface area contributed by atoms with Gasteiger partial charge in [0.15, 0.2) is 9.84 Å². The molecule has 70 valence electrons. The summed E-state index contributed by atoms with van der Waals surface area (Å²) < 4.78 is 22.3. The Morgan fingerprint density at radius 2 is 2.17 bits per heavy atom. The van der Waals surface area contributed by atoms with Gasteiger partial charge in [-0.3, -0.25) is 5.41 Å². The van der Waals surface area contributed by atoms with E-state index in [2.05, 4.69) is 0 Å². The maximum absolute atomic E-state index is 11.1. The van der Waals surface area contributed by atoms with Gasteiger partial charge in [-0.05, 0) is 13.8 Å². The van der Waals surface area contributed by atoms with Crippen LogP contribution in [-0.2, 0) is 9.84 Å². The Morgan fingerprint density at radius 3 is 2.58 bits per heavy atom. The van der Waals surface area contributed by atoms with E-state index < -0.39 is 9.84 Å². The minimum Gasteiger partial charge on any atom is -0.356 e. The van der Waals surface area contributed by atoms with Gasteiger partial charge in [-0.2, -0.15) is 0 Å². The molecule has 12 heavy (non-hydrogen) atoms. The maximum atomic E-state index is 11.1. The highest BCUT2D eigenvalue weighted by atomic mass is 32.2. The molecule has 1 saturated heterocycles. The molecular formula is C7H14N2O2S. The van der Waals surface area contributed by atoms with E-state index in [1.54, 1.807) is 6.92 Å². The van der Waals surface area contributed by atoms with E-state index in [9.17, 15) is 8.42 Å². The molecule has 0 aliphatic carbocycles. The number of rotatable bonds is 0. The number of nitrogens with zero attached hydrogens (tertiary/aromatic N) is 1. The Hall–Kier alpha value is -0.580. The first-order chi connectivity index (χ1) is 5.42. The van der Waals surface area contributed by atoms with E-state index in [1.165, 1.54) is 0 Å². The van der Waals surface area contributed by atoms with Crippen molar-refractivity contribution in [1.29, 1.82) is 5.41 Å². The topological polar surface area (TPSA) is 61.2 Å². The lowest BCUT2D eigenvalue weighted by molar-refractivity contribution is 0.349. The highest BCUT2D eigenvalue weighted by molar-refractivity contribution is 7.91. The summed E-state index contributed by atoms with van der Waals surface area (Å²) in [7, 11) is -2.84. The average Bonchev–Trinajstić information content (AvgIpc) is 1.83. The van der Waals surface area contributed by atoms with Crippen LogP contribution in [0, 0.1) is 5.41 Å². The quantitative estimate of drug-likeness (QED) is 0.435. The summed E-state index contributed by atoms with van der Waals surface area (Å²) in [6.07, 6.45) is 0. The third-order valence-corrected chi connectivity index (χ3v) is 3.90. The average molecular weight is 190 g/mol. The Morgan fingerprint density at radius 1 is 1.58 bits per heavy atom. The van der Waals surface area contributed by atoms with Gasteiger partial charge in [-0.1, -0.05) is 0 Å². The summed E-state index contributed by atoms with van der Waals surface area (Å²) >= 11 is 0. The molecule has 4 nitrogen and oxygen atoms in total. The molecule has 1 unspecified atom stereocenters. The minimum atomic E-state index is -2.84. The summed E-state index contributed by atoms with van der Waals surface area (Å²) in [6.45, 7) is 4.00. The molecule has 0 aromatic heterocycles. The molecule has 0 bridgehead atoms. The fourth-order valence-corrected chi connectivity index (χ4v) is 3.05. The van der Waals surface area contributed by atoms with Crippen molar-refractivity contribution in [2.24, 2.45) is 0 Å².